The van der Waals surface area contributed by atoms with Crippen molar-refractivity contribution in [2.75, 3.05) is 26.7 Å². The van der Waals surface area contributed by atoms with Gasteiger partial charge < -0.3 is 15.0 Å². The molecule has 2 heterocycles. The van der Waals surface area contributed by atoms with E-state index in [-0.39, 0.29) is 36.0 Å². The van der Waals surface area contributed by atoms with Crippen LogP contribution in [0.25, 0.3) is 17.1 Å². The van der Waals surface area contributed by atoms with E-state index in [0.717, 1.165) is 44.5 Å². The molecule has 0 atom stereocenters. The number of nitriles is 1. The number of piperidine rings is 1. The Kier molecular flexibility index (Phi) is 8.59. The lowest BCUT2D eigenvalue weighted by atomic mass is 9.98. The number of hydrogen-bond acceptors (Lipinski definition) is 6. The van der Waals surface area contributed by atoms with Crippen molar-refractivity contribution in [2.24, 2.45) is 5.92 Å². The van der Waals surface area contributed by atoms with E-state index in [4.69, 9.17) is 10.00 Å². The molecule has 9 nitrogen and oxygen atoms in total. The van der Waals surface area contributed by atoms with E-state index in [0.29, 0.717) is 11.3 Å². The van der Waals surface area contributed by atoms with E-state index < -0.39 is 11.5 Å². The summed E-state index contributed by atoms with van der Waals surface area (Å²) < 4.78 is 21.7. The molecule has 1 aromatic heterocycles. The van der Waals surface area contributed by atoms with Gasteiger partial charge in [-0.15, -0.1) is 5.10 Å². The summed E-state index contributed by atoms with van der Waals surface area (Å²) in [4.78, 5) is 28.3. The predicted octanol–water partition coefficient (Wildman–Crippen LogP) is 3.15. The standard InChI is InChI=1S/C28H33FN6O3/c1-19(2)31-26(36)18-34-27(22-6-9-24(29)25(16-22)38-3)32-35(28(34)37)23-7-4-20(5-8-23)10-13-33-14-11-21(17-30)12-15-33/h4-9,16,19,21H,10-15,18H2,1-3H3,(H,31,36). The van der Waals surface area contributed by atoms with Gasteiger partial charge in [-0.25, -0.2) is 9.18 Å². The SMILES string of the molecule is COc1cc(-c2nn(-c3ccc(CCN4CCC(C#N)CC4)cc3)c(=O)n2CC(=O)NC(C)C)ccc1F. The van der Waals surface area contributed by atoms with Crippen molar-refractivity contribution in [3.05, 3.63) is 64.3 Å². The zero-order valence-corrected chi connectivity index (χ0v) is 22.0. The summed E-state index contributed by atoms with van der Waals surface area (Å²) in [5.74, 6) is -0.444. The van der Waals surface area contributed by atoms with E-state index in [2.05, 4.69) is 21.4 Å². The van der Waals surface area contributed by atoms with Crippen LogP contribution in [0.1, 0.15) is 32.3 Å². The molecule has 200 valence electrons. The Morgan fingerprint density at radius 1 is 1.21 bits per heavy atom. The molecule has 2 aromatic carbocycles. The Bertz CT molecular complexity index is 1360. The molecule has 0 saturated carbocycles. The molecule has 0 spiro atoms. The number of halogens is 1. The van der Waals surface area contributed by atoms with Crippen LogP contribution in [-0.4, -0.2) is 57.9 Å². The second kappa shape index (κ2) is 12.0. The van der Waals surface area contributed by atoms with Gasteiger partial charge in [0.15, 0.2) is 17.4 Å². The molecule has 0 unspecified atom stereocenters. The summed E-state index contributed by atoms with van der Waals surface area (Å²) in [5, 5.41) is 16.4. The van der Waals surface area contributed by atoms with Crippen LogP contribution >= 0.6 is 0 Å². The third-order valence-electron chi connectivity index (χ3n) is 6.69. The number of likely N-dealkylation sites (tertiary alicyclic amines) is 1. The van der Waals surface area contributed by atoms with Crippen LogP contribution in [0.4, 0.5) is 4.39 Å². The van der Waals surface area contributed by atoms with Gasteiger partial charge >= 0.3 is 5.69 Å². The normalized spacial score (nSPS) is 14.4. The molecule has 1 aliphatic rings. The van der Waals surface area contributed by atoms with Crippen LogP contribution in [-0.2, 0) is 17.8 Å². The van der Waals surface area contributed by atoms with Crippen molar-refractivity contribution in [3.8, 4) is 28.9 Å². The third kappa shape index (κ3) is 6.29. The second-order valence-corrected chi connectivity index (χ2v) is 9.84. The molecular weight excluding hydrogens is 487 g/mol. The highest BCUT2D eigenvalue weighted by atomic mass is 19.1. The van der Waals surface area contributed by atoms with Crippen molar-refractivity contribution >= 4 is 5.91 Å². The molecule has 38 heavy (non-hydrogen) atoms. The first-order valence-electron chi connectivity index (χ1n) is 12.8. The fraction of sp³-hybridized carbons (Fsp3) is 0.429. The number of ether oxygens (including phenoxy) is 1. The Hall–Kier alpha value is -3.97. The Labute approximate surface area is 221 Å². The van der Waals surface area contributed by atoms with Crippen LogP contribution < -0.4 is 15.7 Å². The van der Waals surface area contributed by atoms with E-state index in [1.807, 2.05) is 38.1 Å². The van der Waals surface area contributed by atoms with Gasteiger partial charge in [0, 0.05) is 24.1 Å². The van der Waals surface area contributed by atoms with E-state index >= 15 is 0 Å². The average molecular weight is 521 g/mol. The minimum atomic E-state index is -0.535. The topological polar surface area (TPSA) is 105 Å². The van der Waals surface area contributed by atoms with Gasteiger partial charge in [-0.3, -0.25) is 9.36 Å². The molecule has 1 aliphatic heterocycles. The molecule has 0 bridgehead atoms. The number of hydrogen-bond donors (Lipinski definition) is 1. The Morgan fingerprint density at radius 2 is 1.92 bits per heavy atom. The summed E-state index contributed by atoms with van der Waals surface area (Å²) in [6.45, 7) is 6.23. The monoisotopic (exact) mass is 520 g/mol. The summed E-state index contributed by atoms with van der Waals surface area (Å²) in [5.41, 5.74) is 1.67. The van der Waals surface area contributed by atoms with Gasteiger partial charge in [0.25, 0.3) is 0 Å². The number of methoxy groups -OCH3 is 1. The first-order chi connectivity index (χ1) is 18.3. The predicted molar refractivity (Wildman–Crippen MR) is 142 cm³/mol. The highest BCUT2D eigenvalue weighted by Gasteiger charge is 2.21. The zero-order chi connectivity index (χ0) is 27.2. The van der Waals surface area contributed by atoms with Crippen molar-refractivity contribution in [1.82, 2.24) is 24.6 Å². The van der Waals surface area contributed by atoms with Crippen LogP contribution in [0.5, 0.6) is 5.75 Å². The van der Waals surface area contributed by atoms with Gasteiger partial charge in [0.2, 0.25) is 5.91 Å². The largest absolute Gasteiger partial charge is 0.494 e. The molecule has 0 aliphatic carbocycles. The number of nitrogens with zero attached hydrogens (tertiary/aromatic N) is 5. The van der Waals surface area contributed by atoms with Crippen LogP contribution in [0.15, 0.2) is 47.3 Å². The van der Waals surface area contributed by atoms with Crippen LogP contribution in [0.2, 0.25) is 0 Å². The molecular formula is C28H33FN6O3. The highest BCUT2D eigenvalue weighted by Crippen LogP contribution is 2.25. The maximum absolute atomic E-state index is 14.0. The van der Waals surface area contributed by atoms with Gasteiger partial charge in [-0.2, -0.15) is 9.94 Å². The molecule has 1 saturated heterocycles. The zero-order valence-electron chi connectivity index (χ0n) is 22.0. The molecule has 1 N–H and O–H groups in total. The van der Waals surface area contributed by atoms with Crippen molar-refractivity contribution in [1.29, 1.82) is 5.26 Å². The second-order valence-electron chi connectivity index (χ2n) is 9.84. The molecule has 4 rings (SSSR count). The fourth-order valence-corrected chi connectivity index (χ4v) is 4.61. The van der Waals surface area contributed by atoms with Gasteiger partial charge in [-0.1, -0.05) is 12.1 Å². The lowest BCUT2D eigenvalue weighted by Crippen LogP contribution is -2.36. The molecule has 0 radical (unpaired) electrons. The van der Waals surface area contributed by atoms with E-state index in [1.54, 1.807) is 0 Å². The first-order valence-corrected chi connectivity index (χ1v) is 12.8. The van der Waals surface area contributed by atoms with E-state index in [1.165, 1.54) is 34.6 Å². The number of rotatable bonds is 9. The Morgan fingerprint density at radius 3 is 2.55 bits per heavy atom. The van der Waals surface area contributed by atoms with Crippen LogP contribution in [0, 0.1) is 23.1 Å². The maximum atomic E-state index is 14.0. The number of aromatic nitrogens is 3. The summed E-state index contributed by atoms with van der Waals surface area (Å²) in [6, 6.07) is 14.1. The van der Waals surface area contributed by atoms with Crippen molar-refractivity contribution < 1.29 is 13.9 Å². The lowest BCUT2D eigenvalue weighted by Gasteiger charge is -2.28. The minimum absolute atomic E-state index is 0.0175. The summed E-state index contributed by atoms with van der Waals surface area (Å²) in [7, 11) is 1.36. The number of carbonyl (C=O) groups is 1. The lowest BCUT2D eigenvalue weighted by molar-refractivity contribution is -0.122. The number of nitrogens with one attached hydrogen (secondary N) is 1. The minimum Gasteiger partial charge on any atom is -0.494 e. The summed E-state index contributed by atoms with van der Waals surface area (Å²) in [6.07, 6.45) is 2.69. The average Bonchev–Trinajstić information content (AvgIpc) is 3.23. The first kappa shape index (κ1) is 27.1. The van der Waals surface area contributed by atoms with E-state index in [9.17, 15) is 14.0 Å². The van der Waals surface area contributed by atoms with Gasteiger partial charge in [-0.05, 0) is 82.1 Å². The smallest absolute Gasteiger partial charge is 0.351 e. The van der Waals surface area contributed by atoms with Gasteiger partial charge in [0.05, 0.1) is 18.9 Å². The fourth-order valence-electron chi connectivity index (χ4n) is 4.61. The number of carbonyl (C=O) groups excluding carboxylic acids is 1. The Balaban J connectivity index is 1.58. The maximum Gasteiger partial charge on any atom is 0.351 e. The summed E-state index contributed by atoms with van der Waals surface area (Å²) >= 11 is 0. The molecule has 3 aromatic rings. The third-order valence-corrected chi connectivity index (χ3v) is 6.69. The molecule has 1 amide bonds. The molecule has 1 fully saturated rings. The van der Waals surface area contributed by atoms with Gasteiger partial charge in [0.1, 0.15) is 6.54 Å². The van der Waals surface area contributed by atoms with Crippen molar-refractivity contribution in [3.63, 3.8) is 0 Å². The quantitative estimate of drug-likeness (QED) is 0.465. The highest BCUT2D eigenvalue weighted by molar-refractivity contribution is 5.76. The number of amides is 1. The number of benzene rings is 2. The van der Waals surface area contributed by atoms with Crippen LogP contribution in [0.3, 0.4) is 0 Å². The van der Waals surface area contributed by atoms with Crippen molar-refractivity contribution in [2.45, 2.75) is 45.7 Å². The molecule has 10 heteroatoms.